The van der Waals surface area contributed by atoms with Crippen molar-refractivity contribution in [2.75, 3.05) is 5.73 Å². The Hall–Kier alpha value is -2.47. The molecule has 3 N–H and O–H groups in total. The number of nitrogen functional groups attached to an aromatic ring is 1. The lowest BCUT2D eigenvalue weighted by Crippen LogP contribution is -2.33. The fraction of sp³-hybridized carbons (Fsp3) is 0.350. The summed E-state index contributed by atoms with van der Waals surface area (Å²) in [5, 5.41) is 3.07. The summed E-state index contributed by atoms with van der Waals surface area (Å²) in [6.07, 6.45) is 7.56. The number of amides is 1. The summed E-state index contributed by atoms with van der Waals surface area (Å²) in [6, 6.07) is 5.66. The number of carbonyl (C=O) groups is 1. The highest BCUT2D eigenvalue weighted by molar-refractivity contribution is 7.17. The molecule has 0 bridgehead atoms. The molecular weight excluding hydrogens is 344 g/mol. The zero-order valence-electron chi connectivity index (χ0n) is 16.0. The number of hydrogen-bond donors (Lipinski definition) is 2. The normalized spacial score (nSPS) is 14.9. The minimum Gasteiger partial charge on any atom is -0.368 e. The fourth-order valence-corrected chi connectivity index (χ4v) is 3.25. The molecule has 1 unspecified atom stereocenters. The molecule has 0 spiro atoms. The van der Waals surface area contributed by atoms with Crippen molar-refractivity contribution in [3.05, 3.63) is 53.6 Å². The number of anilines is 1. The molecule has 0 fully saturated rings. The minimum atomic E-state index is -0.0343. The predicted octanol–water partition coefficient (Wildman–Crippen LogP) is 4.84. The van der Waals surface area contributed by atoms with E-state index >= 15 is 0 Å². The van der Waals surface area contributed by atoms with Crippen molar-refractivity contribution in [3.8, 4) is 10.6 Å². The number of hydrogen-bond acceptors (Lipinski definition) is 5. The monoisotopic (exact) mass is 372 g/mol. The van der Waals surface area contributed by atoms with Crippen molar-refractivity contribution in [3.63, 3.8) is 0 Å². The van der Waals surface area contributed by atoms with Crippen molar-refractivity contribution in [2.24, 2.45) is 0 Å². The van der Waals surface area contributed by atoms with E-state index in [9.17, 15) is 4.79 Å². The van der Waals surface area contributed by atoms with E-state index in [4.69, 9.17) is 5.73 Å². The van der Waals surface area contributed by atoms with Crippen molar-refractivity contribution >= 4 is 23.2 Å². The molecule has 0 saturated carbocycles. The second-order valence-corrected chi connectivity index (χ2v) is 6.51. The molecule has 1 amide bonds. The van der Waals surface area contributed by atoms with E-state index in [1.54, 1.807) is 18.3 Å². The van der Waals surface area contributed by atoms with E-state index in [1.165, 1.54) is 16.9 Å². The first-order valence-corrected chi connectivity index (χ1v) is 9.60. The Bertz CT molecular complexity index is 752. The third-order valence-electron chi connectivity index (χ3n) is 3.53. The van der Waals surface area contributed by atoms with Crippen LogP contribution < -0.4 is 11.1 Å². The van der Waals surface area contributed by atoms with Gasteiger partial charge in [0, 0.05) is 6.20 Å². The first-order chi connectivity index (χ1) is 12.5. The highest BCUT2D eigenvalue weighted by Gasteiger charge is 2.19. The van der Waals surface area contributed by atoms with Crippen molar-refractivity contribution in [1.82, 2.24) is 15.3 Å². The van der Waals surface area contributed by atoms with Crippen LogP contribution in [0, 0.1) is 0 Å². The van der Waals surface area contributed by atoms with E-state index in [1.807, 2.05) is 32.9 Å². The van der Waals surface area contributed by atoms with Gasteiger partial charge in [-0.05, 0) is 44.9 Å². The molecule has 2 heterocycles. The predicted molar refractivity (Wildman–Crippen MR) is 111 cm³/mol. The molecule has 2 aromatic rings. The van der Waals surface area contributed by atoms with Crippen molar-refractivity contribution < 1.29 is 4.79 Å². The molecule has 1 aliphatic rings. The van der Waals surface area contributed by atoms with Gasteiger partial charge >= 0.3 is 0 Å². The number of nitrogens with two attached hydrogens (primary N) is 1. The summed E-state index contributed by atoms with van der Waals surface area (Å²) in [7, 11) is 0. The van der Waals surface area contributed by atoms with E-state index in [0.29, 0.717) is 4.88 Å². The van der Waals surface area contributed by atoms with Gasteiger partial charge in [-0.3, -0.25) is 4.79 Å². The SMILES string of the molecule is C=CC.CC.CC1=CCCC1NC(=O)c1ccc(-c2ccnc(N)n2)s1. The highest BCUT2D eigenvalue weighted by atomic mass is 32.1. The van der Waals surface area contributed by atoms with Crippen molar-refractivity contribution in [2.45, 2.75) is 46.6 Å². The van der Waals surface area contributed by atoms with Crippen LogP contribution in [0.1, 0.15) is 50.2 Å². The highest BCUT2D eigenvalue weighted by Crippen LogP contribution is 2.27. The van der Waals surface area contributed by atoms with Gasteiger partial charge in [-0.1, -0.05) is 31.6 Å². The van der Waals surface area contributed by atoms with Crippen LogP contribution in [0.25, 0.3) is 10.6 Å². The zero-order chi connectivity index (χ0) is 19.5. The van der Waals surface area contributed by atoms with Gasteiger partial charge in [0.25, 0.3) is 5.91 Å². The van der Waals surface area contributed by atoms with Gasteiger partial charge in [0.05, 0.1) is 21.5 Å². The molecule has 6 heteroatoms. The van der Waals surface area contributed by atoms with Crippen LogP contribution in [0.15, 0.2) is 48.7 Å². The Kier molecular flexibility index (Phi) is 9.30. The number of nitrogens with zero attached hydrogens (tertiary/aromatic N) is 2. The van der Waals surface area contributed by atoms with Gasteiger partial charge in [0.1, 0.15) is 0 Å². The lowest BCUT2D eigenvalue weighted by molar-refractivity contribution is 0.0946. The molecule has 2 aromatic heterocycles. The Morgan fingerprint density at radius 2 is 2.08 bits per heavy atom. The molecule has 0 radical (unpaired) electrons. The van der Waals surface area contributed by atoms with Crippen LogP contribution >= 0.6 is 11.3 Å². The van der Waals surface area contributed by atoms with Crippen LogP contribution in [0.2, 0.25) is 0 Å². The molecule has 0 aromatic carbocycles. The standard InChI is InChI=1S/C15H16N4OS.C3H6.C2H6/c1-9-3-2-4-10(9)18-14(20)13-6-5-12(21-13)11-7-8-17-15(16)19-11;1-3-2;1-2/h3,5-8,10H,2,4H2,1H3,(H,18,20)(H2,16,17,19);3H,1H2,2H3;1-2H3. The van der Waals surface area contributed by atoms with Crippen LogP contribution in [0.4, 0.5) is 5.95 Å². The average Bonchev–Trinajstić information content (AvgIpc) is 3.27. The van der Waals surface area contributed by atoms with Gasteiger partial charge in [0.15, 0.2) is 0 Å². The van der Waals surface area contributed by atoms with Gasteiger partial charge in [-0.2, -0.15) is 0 Å². The lowest BCUT2D eigenvalue weighted by Gasteiger charge is -2.13. The zero-order valence-corrected chi connectivity index (χ0v) is 16.8. The molecule has 3 rings (SSSR count). The number of carbonyl (C=O) groups excluding carboxylic acids is 1. The third kappa shape index (κ3) is 6.11. The Balaban J connectivity index is 0.000000615. The van der Waals surface area contributed by atoms with Gasteiger partial charge in [-0.25, -0.2) is 9.97 Å². The molecule has 0 saturated heterocycles. The van der Waals surface area contributed by atoms with Crippen LogP contribution in [-0.4, -0.2) is 21.9 Å². The number of rotatable bonds is 3. The minimum absolute atomic E-state index is 0.0343. The molecular formula is C20H28N4OS. The van der Waals surface area contributed by atoms with Crippen LogP contribution in [0.3, 0.4) is 0 Å². The molecule has 0 aliphatic heterocycles. The molecule has 140 valence electrons. The Labute approximate surface area is 160 Å². The second-order valence-electron chi connectivity index (χ2n) is 5.42. The van der Waals surface area contributed by atoms with Gasteiger partial charge in [0.2, 0.25) is 5.95 Å². The van der Waals surface area contributed by atoms with E-state index in [2.05, 4.69) is 34.9 Å². The second kappa shape index (κ2) is 11.2. The maximum Gasteiger partial charge on any atom is 0.261 e. The van der Waals surface area contributed by atoms with Gasteiger partial charge < -0.3 is 11.1 Å². The maximum atomic E-state index is 12.3. The first kappa shape index (κ1) is 21.6. The number of nitrogens with one attached hydrogen (secondary N) is 1. The van der Waals surface area contributed by atoms with E-state index in [-0.39, 0.29) is 17.9 Å². The van der Waals surface area contributed by atoms with Gasteiger partial charge in [-0.15, -0.1) is 17.9 Å². The first-order valence-electron chi connectivity index (χ1n) is 8.78. The molecule has 1 aliphatic carbocycles. The quantitative estimate of drug-likeness (QED) is 0.755. The number of thiophene rings is 1. The summed E-state index contributed by atoms with van der Waals surface area (Å²) >= 11 is 1.41. The third-order valence-corrected chi connectivity index (χ3v) is 4.64. The van der Waals surface area contributed by atoms with Crippen molar-refractivity contribution in [1.29, 1.82) is 0 Å². The summed E-state index contributed by atoms with van der Waals surface area (Å²) in [5.41, 5.74) is 7.56. The summed E-state index contributed by atoms with van der Waals surface area (Å²) in [4.78, 5) is 21.9. The fourth-order valence-electron chi connectivity index (χ4n) is 2.37. The smallest absolute Gasteiger partial charge is 0.261 e. The Morgan fingerprint density at radius 1 is 1.38 bits per heavy atom. The summed E-state index contributed by atoms with van der Waals surface area (Å²) in [5.74, 6) is 0.201. The molecule has 5 nitrogen and oxygen atoms in total. The number of allylic oxidation sites excluding steroid dienone is 2. The van der Waals surface area contributed by atoms with Crippen LogP contribution in [0.5, 0.6) is 0 Å². The maximum absolute atomic E-state index is 12.3. The van der Waals surface area contributed by atoms with E-state index < -0.39 is 0 Å². The topological polar surface area (TPSA) is 80.9 Å². The largest absolute Gasteiger partial charge is 0.368 e. The molecule has 26 heavy (non-hydrogen) atoms. The van der Waals surface area contributed by atoms with Crippen LogP contribution in [-0.2, 0) is 0 Å². The molecule has 1 atom stereocenters. The number of aromatic nitrogens is 2. The summed E-state index contributed by atoms with van der Waals surface area (Å²) in [6.45, 7) is 11.3. The Morgan fingerprint density at radius 3 is 2.65 bits per heavy atom. The average molecular weight is 373 g/mol. The lowest BCUT2D eigenvalue weighted by atomic mass is 10.1. The van der Waals surface area contributed by atoms with E-state index in [0.717, 1.165) is 23.4 Å². The summed E-state index contributed by atoms with van der Waals surface area (Å²) < 4.78 is 0.